The summed E-state index contributed by atoms with van der Waals surface area (Å²) in [5.41, 5.74) is 0.845. The van der Waals surface area contributed by atoms with Crippen LogP contribution in [0.15, 0.2) is 12.1 Å². The van der Waals surface area contributed by atoms with E-state index in [0.717, 1.165) is 59.4 Å². The van der Waals surface area contributed by atoms with Gasteiger partial charge in [-0.15, -0.1) is 0 Å². The van der Waals surface area contributed by atoms with E-state index < -0.39 is 0 Å². The molecule has 4 rings (SSSR count). The first-order valence-electron chi connectivity index (χ1n) is 10.2. The topological polar surface area (TPSA) is 54.9 Å². The summed E-state index contributed by atoms with van der Waals surface area (Å²) in [5, 5.41) is 0.970. The molecule has 1 aliphatic heterocycles. The molecule has 1 saturated heterocycles. The number of rotatable bonds is 5. The van der Waals surface area contributed by atoms with Gasteiger partial charge >= 0.3 is 0 Å². The number of aromatic nitrogens is 1. The van der Waals surface area contributed by atoms with E-state index in [9.17, 15) is 4.79 Å². The van der Waals surface area contributed by atoms with Crippen LogP contribution in [0.2, 0.25) is 0 Å². The maximum atomic E-state index is 12.7. The molecule has 0 atom stereocenters. The van der Waals surface area contributed by atoms with Gasteiger partial charge in [-0.25, -0.2) is 4.98 Å². The van der Waals surface area contributed by atoms with Crippen LogP contribution in [0.4, 0.5) is 5.13 Å². The lowest BCUT2D eigenvalue weighted by molar-refractivity contribution is -0.132. The number of ether oxygens (including phenoxy) is 2. The predicted octanol–water partition coefficient (Wildman–Crippen LogP) is 3.93. The number of hydrogen-bond donors (Lipinski definition) is 0. The smallest absolute Gasteiger partial charge is 0.222 e. The molecule has 0 N–H and O–H groups in total. The highest BCUT2D eigenvalue weighted by Crippen LogP contribution is 2.40. The van der Waals surface area contributed by atoms with E-state index in [-0.39, 0.29) is 0 Å². The van der Waals surface area contributed by atoms with Crippen molar-refractivity contribution in [2.75, 3.05) is 45.3 Å². The molecular formula is C21H29N3O3S. The molecule has 6 nitrogen and oxygen atoms in total. The number of nitrogens with zero attached hydrogens (tertiary/aromatic N) is 3. The molecular weight excluding hydrogens is 374 g/mol. The number of carbonyl (C=O) groups is 1. The Hall–Kier alpha value is -2.02. The van der Waals surface area contributed by atoms with Gasteiger partial charge in [-0.05, 0) is 30.9 Å². The molecule has 152 valence electrons. The lowest BCUT2D eigenvalue weighted by atomic mass is 9.86. The third-order valence-electron chi connectivity index (χ3n) is 5.99. The van der Waals surface area contributed by atoms with Crippen molar-refractivity contribution < 1.29 is 14.3 Å². The van der Waals surface area contributed by atoms with Crippen LogP contribution in [0.3, 0.4) is 0 Å². The first-order valence-corrected chi connectivity index (χ1v) is 11.1. The van der Waals surface area contributed by atoms with Crippen molar-refractivity contribution in [1.82, 2.24) is 9.88 Å². The molecule has 1 aromatic carbocycles. The van der Waals surface area contributed by atoms with Gasteiger partial charge in [0, 0.05) is 32.6 Å². The van der Waals surface area contributed by atoms with Crippen LogP contribution >= 0.6 is 11.3 Å². The van der Waals surface area contributed by atoms with E-state index in [0.29, 0.717) is 11.8 Å². The molecule has 0 unspecified atom stereocenters. The highest BCUT2D eigenvalue weighted by atomic mass is 32.1. The molecule has 0 spiro atoms. The van der Waals surface area contributed by atoms with Gasteiger partial charge in [-0.3, -0.25) is 4.79 Å². The Morgan fingerprint density at radius 3 is 2.43 bits per heavy atom. The minimum Gasteiger partial charge on any atom is -0.495 e. The minimum absolute atomic E-state index is 0.333. The van der Waals surface area contributed by atoms with Crippen molar-refractivity contribution in [3.63, 3.8) is 0 Å². The second kappa shape index (κ2) is 8.55. The Morgan fingerprint density at radius 1 is 1.07 bits per heavy atom. The molecule has 1 saturated carbocycles. The summed E-state index contributed by atoms with van der Waals surface area (Å²) in [6.07, 6.45) is 7.09. The van der Waals surface area contributed by atoms with Gasteiger partial charge in [0.1, 0.15) is 21.7 Å². The van der Waals surface area contributed by atoms with Crippen LogP contribution in [0.1, 0.15) is 38.5 Å². The highest BCUT2D eigenvalue weighted by Gasteiger charge is 2.26. The van der Waals surface area contributed by atoms with E-state index in [1.165, 1.54) is 32.1 Å². The molecule has 1 amide bonds. The fourth-order valence-electron chi connectivity index (χ4n) is 4.32. The van der Waals surface area contributed by atoms with Crippen LogP contribution in [-0.2, 0) is 4.79 Å². The summed E-state index contributed by atoms with van der Waals surface area (Å²) in [6, 6.07) is 3.82. The molecule has 28 heavy (non-hydrogen) atoms. The average Bonchev–Trinajstić information content (AvgIpc) is 3.19. The number of piperazine rings is 1. The first kappa shape index (κ1) is 19.3. The third-order valence-corrected chi connectivity index (χ3v) is 7.12. The Morgan fingerprint density at radius 2 is 1.75 bits per heavy atom. The fraction of sp³-hybridized carbons (Fsp3) is 0.619. The van der Waals surface area contributed by atoms with E-state index in [1.807, 2.05) is 17.0 Å². The molecule has 2 aromatic rings. The zero-order valence-corrected chi connectivity index (χ0v) is 17.6. The zero-order valence-electron chi connectivity index (χ0n) is 16.8. The summed E-state index contributed by atoms with van der Waals surface area (Å²) in [7, 11) is 3.34. The Labute approximate surface area is 170 Å². The van der Waals surface area contributed by atoms with Crippen molar-refractivity contribution in [2.45, 2.75) is 38.5 Å². The molecule has 2 aliphatic rings. The predicted molar refractivity (Wildman–Crippen MR) is 113 cm³/mol. The average molecular weight is 404 g/mol. The fourth-order valence-corrected chi connectivity index (χ4v) is 5.45. The van der Waals surface area contributed by atoms with Crippen molar-refractivity contribution in [1.29, 1.82) is 0 Å². The van der Waals surface area contributed by atoms with Crippen LogP contribution in [-0.4, -0.2) is 56.2 Å². The van der Waals surface area contributed by atoms with Gasteiger partial charge in [-0.1, -0.05) is 30.6 Å². The molecule has 0 radical (unpaired) electrons. The monoisotopic (exact) mass is 403 g/mol. The maximum Gasteiger partial charge on any atom is 0.222 e. The van der Waals surface area contributed by atoms with Crippen molar-refractivity contribution in [2.24, 2.45) is 5.92 Å². The second-order valence-corrected chi connectivity index (χ2v) is 8.70. The summed E-state index contributed by atoms with van der Waals surface area (Å²) < 4.78 is 12.0. The number of hydrogen-bond acceptors (Lipinski definition) is 6. The largest absolute Gasteiger partial charge is 0.495 e. The van der Waals surface area contributed by atoms with Gasteiger partial charge in [0.2, 0.25) is 5.91 Å². The number of anilines is 1. The molecule has 2 fully saturated rings. The summed E-state index contributed by atoms with van der Waals surface area (Å²) in [6.45, 7) is 3.19. The van der Waals surface area contributed by atoms with E-state index in [2.05, 4.69) is 4.90 Å². The van der Waals surface area contributed by atoms with Crippen LogP contribution in [0, 0.1) is 5.92 Å². The molecule has 1 aromatic heterocycles. The van der Waals surface area contributed by atoms with Crippen molar-refractivity contribution in [3.8, 4) is 11.5 Å². The third kappa shape index (κ3) is 3.90. The maximum absolute atomic E-state index is 12.7. The van der Waals surface area contributed by atoms with Gasteiger partial charge in [0.25, 0.3) is 0 Å². The van der Waals surface area contributed by atoms with Crippen LogP contribution in [0.25, 0.3) is 10.2 Å². The van der Waals surface area contributed by atoms with E-state index in [4.69, 9.17) is 14.5 Å². The number of methoxy groups -OCH3 is 2. The first-order chi connectivity index (χ1) is 13.7. The SMILES string of the molecule is COc1ccc(OC)c2sc(N3CCN(C(=O)CC4CCCCC4)CC3)nc12. The lowest BCUT2D eigenvalue weighted by Gasteiger charge is -2.35. The summed E-state index contributed by atoms with van der Waals surface area (Å²) >= 11 is 1.63. The number of carbonyl (C=O) groups excluding carboxylic acids is 1. The minimum atomic E-state index is 0.333. The summed E-state index contributed by atoms with van der Waals surface area (Å²) in [5.74, 6) is 2.52. The molecule has 2 heterocycles. The number of amides is 1. The number of thiazole rings is 1. The second-order valence-electron chi connectivity index (χ2n) is 7.72. The zero-order chi connectivity index (χ0) is 19.5. The quantitative estimate of drug-likeness (QED) is 0.757. The molecule has 7 heteroatoms. The van der Waals surface area contributed by atoms with Gasteiger partial charge in [0.15, 0.2) is 5.13 Å². The van der Waals surface area contributed by atoms with E-state index >= 15 is 0 Å². The number of fused-ring (bicyclic) bond motifs is 1. The highest BCUT2D eigenvalue weighted by molar-refractivity contribution is 7.22. The van der Waals surface area contributed by atoms with Crippen LogP contribution in [0.5, 0.6) is 11.5 Å². The van der Waals surface area contributed by atoms with E-state index in [1.54, 1.807) is 25.6 Å². The normalized spacial score (nSPS) is 18.5. The number of benzene rings is 1. The molecule has 1 aliphatic carbocycles. The Balaban J connectivity index is 1.41. The van der Waals surface area contributed by atoms with Gasteiger partial charge in [-0.2, -0.15) is 0 Å². The van der Waals surface area contributed by atoms with Gasteiger partial charge < -0.3 is 19.3 Å². The lowest BCUT2D eigenvalue weighted by Crippen LogP contribution is -2.49. The van der Waals surface area contributed by atoms with Crippen LogP contribution < -0.4 is 14.4 Å². The Kier molecular flexibility index (Phi) is 5.90. The standard InChI is InChI=1S/C21H29N3O3S/c1-26-16-8-9-17(27-2)20-19(16)22-21(28-20)24-12-10-23(11-13-24)18(25)14-15-6-4-3-5-7-15/h8-9,15H,3-7,10-14H2,1-2H3. The summed E-state index contributed by atoms with van der Waals surface area (Å²) in [4.78, 5) is 21.8. The molecule has 0 bridgehead atoms. The van der Waals surface area contributed by atoms with Gasteiger partial charge in [0.05, 0.1) is 14.2 Å². The van der Waals surface area contributed by atoms with Crippen molar-refractivity contribution >= 4 is 32.6 Å². The van der Waals surface area contributed by atoms with Crippen molar-refractivity contribution in [3.05, 3.63) is 12.1 Å². The Bertz CT molecular complexity index is 783.